The van der Waals surface area contributed by atoms with Gasteiger partial charge in [0.25, 0.3) is 0 Å². The summed E-state index contributed by atoms with van der Waals surface area (Å²) in [5.41, 5.74) is 1.29. The van der Waals surface area contributed by atoms with Crippen molar-refractivity contribution in [3.05, 3.63) is 22.2 Å². The number of hydrogen-bond donors (Lipinski definition) is 1. The lowest BCUT2D eigenvalue weighted by Crippen LogP contribution is -2.45. The lowest BCUT2D eigenvalue weighted by Gasteiger charge is -2.36. The van der Waals surface area contributed by atoms with Gasteiger partial charge in [-0.2, -0.15) is 0 Å². The first-order chi connectivity index (χ1) is 10.6. The molecule has 1 atom stereocenters. The van der Waals surface area contributed by atoms with Gasteiger partial charge in [-0.15, -0.1) is 0 Å². The summed E-state index contributed by atoms with van der Waals surface area (Å²) in [6.45, 7) is 8.84. The van der Waals surface area contributed by atoms with Crippen LogP contribution in [0.2, 0.25) is 0 Å². The molecule has 1 aliphatic rings. The monoisotopic (exact) mass is 370 g/mol. The van der Waals surface area contributed by atoms with Crippen LogP contribution in [-0.2, 0) is 0 Å². The average Bonchev–Trinajstić information content (AvgIpc) is 2.53. The molecule has 4 nitrogen and oxygen atoms in total. The summed E-state index contributed by atoms with van der Waals surface area (Å²) < 4.78 is 12.0. The molecule has 1 aromatic carbocycles. The molecule has 1 heterocycles. The van der Waals surface area contributed by atoms with Crippen molar-refractivity contribution in [3.8, 4) is 11.5 Å². The van der Waals surface area contributed by atoms with Crippen molar-refractivity contribution < 1.29 is 9.47 Å². The van der Waals surface area contributed by atoms with Crippen molar-refractivity contribution >= 4 is 15.9 Å². The van der Waals surface area contributed by atoms with Gasteiger partial charge in [0.15, 0.2) is 11.5 Å². The first-order valence-corrected chi connectivity index (χ1v) is 8.72. The molecule has 2 rings (SSSR count). The minimum Gasteiger partial charge on any atom is -0.493 e. The van der Waals surface area contributed by atoms with Gasteiger partial charge >= 0.3 is 0 Å². The molecule has 1 aromatic rings. The van der Waals surface area contributed by atoms with Crippen molar-refractivity contribution in [1.82, 2.24) is 10.2 Å². The molecule has 5 heteroatoms. The van der Waals surface area contributed by atoms with Gasteiger partial charge in [0.2, 0.25) is 0 Å². The highest BCUT2D eigenvalue weighted by molar-refractivity contribution is 9.10. The summed E-state index contributed by atoms with van der Waals surface area (Å²) in [6, 6.07) is 4.54. The molecule has 0 unspecified atom stereocenters. The summed E-state index contributed by atoms with van der Waals surface area (Å²) in [6.07, 6.45) is 1.13. The number of nitrogens with one attached hydrogen (secondary N) is 1. The Kier molecular flexibility index (Phi) is 6.53. The van der Waals surface area contributed by atoms with E-state index in [4.69, 9.17) is 9.47 Å². The van der Waals surface area contributed by atoms with Crippen LogP contribution in [0.4, 0.5) is 0 Å². The highest BCUT2D eigenvalue weighted by Gasteiger charge is 2.26. The summed E-state index contributed by atoms with van der Waals surface area (Å²) in [4.78, 5) is 2.57. The second kappa shape index (κ2) is 8.18. The van der Waals surface area contributed by atoms with E-state index < -0.39 is 0 Å². The Labute approximate surface area is 142 Å². The molecular formula is C17H27BrN2O2. The van der Waals surface area contributed by atoms with Crippen LogP contribution in [0.1, 0.15) is 31.9 Å². The minimum atomic E-state index is 0.399. The van der Waals surface area contributed by atoms with Crippen molar-refractivity contribution in [1.29, 1.82) is 0 Å². The summed E-state index contributed by atoms with van der Waals surface area (Å²) in [5.74, 6) is 2.20. The Morgan fingerprint density at radius 3 is 2.27 bits per heavy atom. The molecule has 1 aliphatic heterocycles. The number of rotatable bonds is 6. The van der Waals surface area contributed by atoms with Crippen LogP contribution in [-0.4, -0.2) is 45.3 Å². The summed E-state index contributed by atoms with van der Waals surface area (Å²) >= 11 is 3.73. The van der Waals surface area contributed by atoms with E-state index in [9.17, 15) is 0 Å². The fourth-order valence-electron chi connectivity index (χ4n) is 3.04. The molecule has 0 spiro atoms. The van der Waals surface area contributed by atoms with Gasteiger partial charge in [0, 0.05) is 36.7 Å². The Bertz CT molecular complexity index is 488. The average molecular weight is 371 g/mol. The van der Waals surface area contributed by atoms with E-state index in [1.165, 1.54) is 5.56 Å². The topological polar surface area (TPSA) is 33.7 Å². The molecule has 22 heavy (non-hydrogen) atoms. The standard InChI is InChI=1S/C17H27BrN2O2/c1-12(2)9-15(20-7-5-19-6-8-20)13-10-16(21-3)17(22-4)11-14(13)18/h10-12,15,19H,5-9H2,1-4H3/t15-/m0/s1. The highest BCUT2D eigenvalue weighted by Crippen LogP contribution is 2.40. The number of halogens is 1. The lowest BCUT2D eigenvalue weighted by atomic mass is 9.94. The Morgan fingerprint density at radius 2 is 1.73 bits per heavy atom. The largest absolute Gasteiger partial charge is 0.493 e. The summed E-state index contributed by atoms with van der Waals surface area (Å²) in [7, 11) is 3.36. The van der Waals surface area contributed by atoms with E-state index in [1.807, 2.05) is 6.07 Å². The molecule has 0 saturated carbocycles. The van der Waals surface area contributed by atoms with Gasteiger partial charge in [-0.05, 0) is 30.0 Å². The normalized spacial score (nSPS) is 17.5. The number of piperazine rings is 1. The smallest absolute Gasteiger partial charge is 0.161 e. The number of nitrogens with zero attached hydrogens (tertiary/aromatic N) is 1. The molecule has 1 saturated heterocycles. The van der Waals surface area contributed by atoms with Gasteiger partial charge in [-0.1, -0.05) is 29.8 Å². The van der Waals surface area contributed by atoms with E-state index in [0.717, 1.165) is 48.6 Å². The third kappa shape index (κ3) is 4.15. The van der Waals surface area contributed by atoms with Crippen LogP contribution in [0.15, 0.2) is 16.6 Å². The predicted molar refractivity (Wildman–Crippen MR) is 93.9 cm³/mol. The molecule has 1 fully saturated rings. The van der Waals surface area contributed by atoms with Gasteiger partial charge in [0.1, 0.15) is 0 Å². The molecule has 0 amide bonds. The van der Waals surface area contributed by atoms with E-state index in [1.54, 1.807) is 14.2 Å². The van der Waals surface area contributed by atoms with Crippen molar-refractivity contribution in [2.24, 2.45) is 5.92 Å². The fourth-order valence-corrected chi connectivity index (χ4v) is 3.62. The predicted octanol–water partition coefficient (Wildman–Crippen LogP) is 3.46. The minimum absolute atomic E-state index is 0.399. The second-order valence-corrected chi connectivity index (χ2v) is 7.01. The molecular weight excluding hydrogens is 344 g/mol. The molecule has 1 N–H and O–H groups in total. The van der Waals surface area contributed by atoms with Crippen LogP contribution in [0.5, 0.6) is 11.5 Å². The highest BCUT2D eigenvalue weighted by atomic mass is 79.9. The van der Waals surface area contributed by atoms with Gasteiger partial charge in [-0.3, -0.25) is 4.90 Å². The molecule has 0 radical (unpaired) electrons. The zero-order valence-corrected chi connectivity index (χ0v) is 15.6. The van der Waals surface area contributed by atoms with Crippen LogP contribution in [0, 0.1) is 5.92 Å². The maximum atomic E-state index is 5.50. The Balaban J connectivity index is 2.37. The van der Waals surface area contributed by atoms with Crippen LogP contribution in [0.25, 0.3) is 0 Å². The maximum absolute atomic E-state index is 5.50. The zero-order chi connectivity index (χ0) is 16.1. The first-order valence-electron chi connectivity index (χ1n) is 7.93. The fraction of sp³-hybridized carbons (Fsp3) is 0.647. The van der Waals surface area contributed by atoms with Crippen LogP contribution >= 0.6 is 15.9 Å². The third-order valence-corrected chi connectivity index (χ3v) is 4.84. The van der Waals surface area contributed by atoms with Crippen molar-refractivity contribution in [3.63, 3.8) is 0 Å². The second-order valence-electron chi connectivity index (χ2n) is 6.16. The van der Waals surface area contributed by atoms with Crippen LogP contribution < -0.4 is 14.8 Å². The van der Waals surface area contributed by atoms with E-state index in [0.29, 0.717) is 12.0 Å². The first kappa shape index (κ1) is 17.6. The van der Waals surface area contributed by atoms with E-state index >= 15 is 0 Å². The SMILES string of the molecule is COc1cc(Br)c([C@H](CC(C)C)N2CCNCC2)cc1OC. The Hall–Kier alpha value is -0.780. The molecule has 124 valence electrons. The van der Waals surface area contributed by atoms with Gasteiger partial charge in [-0.25, -0.2) is 0 Å². The quantitative estimate of drug-likeness (QED) is 0.831. The Morgan fingerprint density at radius 1 is 1.14 bits per heavy atom. The zero-order valence-electron chi connectivity index (χ0n) is 14.0. The maximum Gasteiger partial charge on any atom is 0.161 e. The number of hydrogen-bond acceptors (Lipinski definition) is 4. The summed E-state index contributed by atoms with van der Waals surface area (Å²) in [5, 5.41) is 3.43. The number of ether oxygens (including phenoxy) is 2. The molecule has 0 aromatic heterocycles. The number of benzene rings is 1. The van der Waals surface area contributed by atoms with Crippen molar-refractivity contribution in [2.75, 3.05) is 40.4 Å². The molecule has 0 bridgehead atoms. The number of methoxy groups -OCH3 is 2. The van der Waals surface area contributed by atoms with Crippen LogP contribution in [0.3, 0.4) is 0 Å². The van der Waals surface area contributed by atoms with E-state index in [-0.39, 0.29) is 0 Å². The van der Waals surface area contributed by atoms with E-state index in [2.05, 4.69) is 46.1 Å². The van der Waals surface area contributed by atoms with Gasteiger partial charge < -0.3 is 14.8 Å². The van der Waals surface area contributed by atoms with Crippen molar-refractivity contribution in [2.45, 2.75) is 26.3 Å². The third-order valence-electron chi connectivity index (χ3n) is 4.15. The van der Waals surface area contributed by atoms with Gasteiger partial charge in [0.05, 0.1) is 14.2 Å². The lowest BCUT2D eigenvalue weighted by molar-refractivity contribution is 0.153. The molecule has 0 aliphatic carbocycles.